The summed E-state index contributed by atoms with van der Waals surface area (Å²) in [7, 11) is 3.02. The van der Waals surface area contributed by atoms with E-state index in [-0.39, 0.29) is 0 Å². The second-order valence-corrected chi connectivity index (χ2v) is 5.32. The standard InChI is InChI=1S/C13H16N2O5S/c1-19-10-4-3-8(5-11(10)20-2)14-13(18)15-7-21-6-9(15)12(16)17/h3-5,9H,6-7H2,1-2H3,(H,14,18)(H,16,17). The number of carbonyl (C=O) groups is 2. The fourth-order valence-corrected chi connectivity index (χ4v) is 3.10. The number of nitrogens with one attached hydrogen (secondary N) is 1. The molecule has 8 heteroatoms. The minimum atomic E-state index is -0.998. The molecule has 1 fully saturated rings. The molecule has 1 saturated heterocycles. The van der Waals surface area contributed by atoms with Gasteiger partial charge in [0.25, 0.3) is 0 Å². The Labute approximate surface area is 126 Å². The number of amides is 2. The molecule has 2 rings (SSSR count). The minimum Gasteiger partial charge on any atom is -0.493 e. The van der Waals surface area contributed by atoms with E-state index in [1.54, 1.807) is 18.2 Å². The zero-order valence-electron chi connectivity index (χ0n) is 11.7. The van der Waals surface area contributed by atoms with E-state index in [9.17, 15) is 9.59 Å². The summed E-state index contributed by atoms with van der Waals surface area (Å²) in [5.41, 5.74) is 0.513. The number of carbonyl (C=O) groups excluding carboxylic acids is 1. The molecule has 1 aliphatic rings. The third-order valence-electron chi connectivity index (χ3n) is 3.06. The molecule has 1 aromatic rings. The molecule has 0 bridgehead atoms. The molecule has 2 N–H and O–H groups in total. The predicted molar refractivity (Wildman–Crippen MR) is 79.2 cm³/mol. The van der Waals surface area contributed by atoms with Gasteiger partial charge < -0.3 is 24.8 Å². The van der Waals surface area contributed by atoms with Gasteiger partial charge in [-0.2, -0.15) is 0 Å². The Morgan fingerprint density at radius 2 is 2.05 bits per heavy atom. The van der Waals surface area contributed by atoms with Crippen LogP contribution in [0, 0.1) is 0 Å². The van der Waals surface area contributed by atoms with Gasteiger partial charge in [0, 0.05) is 17.5 Å². The molecule has 0 spiro atoms. The molecule has 7 nitrogen and oxygen atoms in total. The number of benzene rings is 1. The number of carboxylic acid groups (broad SMARTS) is 1. The van der Waals surface area contributed by atoms with Crippen molar-refractivity contribution in [2.75, 3.05) is 31.2 Å². The lowest BCUT2D eigenvalue weighted by Gasteiger charge is -2.21. The Morgan fingerprint density at radius 3 is 2.67 bits per heavy atom. The predicted octanol–water partition coefficient (Wildman–Crippen LogP) is 1.70. The highest BCUT2D eigenvalue weighted by Gasteiger charge is 2.34. The summed E-state index contributed by atoms with van der Waals surface area (Å²) in [4.78, 5) is 24.5. The first kappa shape index (κ1) is 15.3. The SMILES string of the molecule is COc1ccc(NC(=O)N2CSCC2C(=O)O)cc1OC. The number of anilines is 1. The summed E-state index contributed by atoms with van der Waals surface area (Å²) in [6.45, 7) is 0. The summed E-state index contributed by atoms with van der Waals surface area (Å²) in [6.07, 6.45) is 0. The lowest BCUT2D eigenvalue weighted by atomic mass is 10.2. The number of nitrogens with zero attached hydrogens (tertiary/aromatic N) is 1. The van der Waals surface area contributed by atoms with Gasteiger partial charge in [-0.15, -0.1) is 11.8 Å². The quantitative estimate of drug-likeness (QED) is 0.879. The second-order valence-electron chi connectivity index (χ2n) is 4.32. The van der Waals surface area contributed by atoms with Crippen molar-refractivity contribution in [3.8, 4) is 11.5 Å². The van der Waals surface area contributed by atoms with E-state index in [0.29, 0.717) is 28.8 Å². The van der Waals surface area contributed by atoms with Crippen LogP contribution in [0.5, 0.6) is 11.5 Å². The van der Waals surface area contributed by atoms with Crippen LogP contribution in [-0.2, 0) is 4.79 Å². The lowest BCUT2D eigenvalue weighted by Crippen LogP contribution is -2.43. The molecule has 0 aromatic heterocycles. The van der Waals surface area contributed by atoms with Gasteiger partial charge in [0.1, 0.15) is 6.04 Å². The number of hydrogen-bond donors (Lipinski definition) is 2. The first-order valence-corrected chi connectivity index (χ1v) is 7.32. The van der Waals surface area contributed by atoms with Crippen LogP contribution in [0.4, 0.5) is 10.5 Å². The summed E-state index contributed by atoms with van der Waals surface area (Å²) in [5.74, 6) is 0.795. The molecule has 0 radical (unpaired) electrons. The normalized spacial score (nSPS) is 17.4. The Balaban J connectivity index is 2.11. The molecule has 1 heterocycles. The van der Waals surface area contributed by atoms with Gasteiger partial charge in [-0.1, -0.05) is 0 Å². The van der Waals surface area contributed by atoms with Gasteiger partial charge in [0.05, 0.1) is 20.1 Å². The van der Waals surface area contributed by atoms with Crippen LogP contribution in [0.15, 0.2) is 18.2 Å². The van der Waals surface area contributed by atoms with Crippen molar-refractivity contribution in [2.24, 2.45) is 0 Å². The molecule has 0 saturated carbocycles. The maximum Gasteiger partial charge on any atom is 0.327 e. The average Bonchev–Trinajstić information content (AvgIpc) is 2.96. The van der Waals surface area contributed by atoms with Crippen LogP contribution >= 0.6 is 11.8 Å². The molecule has 114 valence electrons. The Morgan fingerprint density at radius 1 is 1.33 bits per heavy atom. The number of urea groups is 1. The maximum absolute atomic E-state index is 12.1. The van der Waals surface area contributed by atoms with E-state index < -0.39 is 18.0 Å². The van der Waals surface area contributed by atoms with Crippen molar-refractivity contribution in [1.82, 2.24) is 4.90 Å². The largest absolute Gasteiger partial charge is 0.493 e. The van der Waals surface area contributed by atoms with Crippen molar-refractivity contribution in [2.45, 2.75) is 6.04 Å². The zero-order valence-corrected chi connectivity index (χ0v) is 12.5. The highest BCUT2D eigenvalue weighted by Crippen LogP contribution is 2.30. The van der Waals surface area contributed by atoms with Crippen molar-refractivity contribution < 1.29 is 24.2 Å². The molecule has 2 amide bonds. The van der Waals surface area contributed by atoms with E-state index >= 15 is 0 Å². The minimum absolute atomic E-state index is 0.357. The third-order valence-corrected chi connectivity index (χ3v) is 4.08. The number of rotatable bonds is 4. The molecule has 1 unspecified atom stereocenters. The molecule has 21 heavy (non-hydrogen) atoms. The van der Waals surface area contributed by atoms with E-state index in [1.807, 2.05) is 0 Å². The number of hydrogen-bond acceptors (Lipinski definition) is 5. The molecular formula is C13H16N2O5S. The van der Waals surface area contributed by atoms with Crippen molar-refractivity contribution in [3.63, 3.8) is 0 Å². The number of methoxy groups -OCH3 is 2. The van der Waals surface area contributed by atoms with Crippen molar-refractivity contribution >= 4 is 29.4 Å². The molecule has 0 aliphatic carbocycles. The van der Waals surface area contributed by atoms with Crippen LogP contribution in [0.1, 0.15) is 0 Å². The number of aliphatic carboxylic acids is 1. The number of carboxylic acids is 1. The number of thioether (sulfide) groups is 1. The Kier molecular flexibility index (Phi) is 4.79. The van der Waals surface area contributed by atoms with Crippen LogP contribution in [0.25, 0.3) is 0 Å². The van der Waals surface area contributed by atoms with Crippen LogP contribution in [0.3, 0.4) is 0 Å². The summed E-state index contributed by atoms with van der Waals surface area (Å²) < 4.78 is 10.3. The van der Waals surface area contributed by atoms with Gasteiger partial charge in [-0.3, -0.25) is 0 Å². The van der Waals surface area contributed by atoms with Crippen LogP contribution in [-0.4, -0.2) is 53.9 Å². The van der Waals surface area contributed by atoms with Gasteiger partial charge in [-0.05, 0) is 12.1 Å². The lowest BCUT2D eigenvalue weighted by molar-refractivity contribution is -0.140. The summed E-state index contributed by atoms with van der Waals surface area (Å²) in [5, 5.41) is 11.7. The third kappa shape index (κ3) is 3.33. The van der Waals surface area contributed by atoms with Crippen molar-refractivity contribution in [3.05, 3.63) is 18.2 Å². The molecular weight excluding hydrogens is 296 g/mol. The highest BCUT2D eigenvalue weighted by molar-refractivity contribution is 7.99. The van der Waals surface area contributed by atoms with Crippen LogP contribution < -0.4 is 14.8 Å². The smallest absolute Gasteiger partial charge is 0.327 e. The van der Waals surface area contributed by atoms with E-state index in [0.717, 1.165) is 0 Å². The van der Waals surface area contributed by atoms with Crippen LogP contribution in [0.2, 0.25) is 0 Å². The fourth-order valence-electron chi connectivity index (χ4n) is 1.96. The maximum atomic E-state index is 12.1. The number of ether oxygens (including phenoxy) is 2. The molecule has 1 aromatic carbocycles. The first-order valence-electron chi connectivity index (χ1n) is 6.17. The summed E-state index contributed by atoms with van der Waals surface area (Å²) >= 11 is 1.41. The molecule has 1 aliphatic heterocycles. The van der Waals surface area contributed by atoms with E-state index in [4.69, 9.17) is 14.6 Å². The van der Waals surface area contributed by atoms with Gasteiger partial charge in [0.15, 0.2) is 11.5 Å². The average molecular weight is 312 g/mol. The van der Waals surface area contributed by atoms with E-state index in [2.05, 4.69) is 5.32 Å². The fraction of sp³-hybridized carbons (Fsp3) is 0.385. The van der Waals surface area contributed by atoms with Crippen molar-refractivity contribution in [1.29, 1.82) is 0 Å². The topological polar surface area (TPSA) is 88.1 Å². The Hall–Kier alpha value is -2.09. The van der Waals surface area contributed by atoms with Gasteiger partial charge in [-0.25, -0.2) is 9.59 Å². The van der Waals surface area contributed by atoms with Gasteiger partial charge >= 0.3 is 12.0 Å². The first-order chi connectivity index (χ1) is 10.1. The Bertz CT molecular complexity index is 551. The zero-order chi connectivity index (χ0) is 15.4. The summed E-state index contributed by atoms with van der Waals surface area (Å²) in [6, 6.07) is 3.71. The van der Waals surface area contributed by atoms with E-state index in [1.165, 1.54) is 30.9 Å². The second kappa shape index (κ2) is 6.57. The highest BCUT2D eigenvalue weighted by atomic mass is 32.2. The monoisotopic (exact) mass is 312 g/mol. The molecule has 1 atom stereocenters. The van der Waals surface area contributed by atoms with Gasteiger partial charge in [0.2, 0.25) is 0 Å².